The minimum atomic E-state index is 0.186. The maximum atomic E-state index is 5.58. The van der Waals surface area contributed by atoms with Crippen molar-refractivity contribution >= 4 is 27.3 Å². The molecule has 4 heteroatoms. The smallest absolute Gasteiger partial charge is 0.0675 e. The Balaban J connectivity index is 1.97. The van der Waals surface area contributed by atoms with Gasteiger partial charge in [0.1, 0.15) is 0 Å². The fraction of sp³-hybridized carbons (Fsp3) is 0.500. The highest BCUT2D eigenvalue weighted by Gasteiger charge is 2.41. The molecule has 0 spiro atoms. The Kier molecular flexibility index (Phi) is 2.37. The van der Waals surface area contributed by atoms with Gasteiger partial charge in [0.05, 0.1) is 30.6 Å². The van der Waals surface area contributed by atoms with Crippen LogP contribution < -0.4 is 10.6 Å². The summed E-state index contributed by atoms with van der Waals surface area (Å²) in [5, 5.41) is 7.09. The predicted molar refractivity (Wildman–Crippen MR) is 69.0 cm³/mol. The summed E-state index contributed by atoms with van der Waals surface area (Å²) in [6, 6.07) is 6.69. The molecule has 3 rings (SSSR count). The normalized spacial score (nSPS) is 32.0. The Morgan fingerprint density at radius 1 is 1.44 bits per heavy atom. The van der Waals surface area contributed by atoms with E-state index in [0.29, 0.717) is 6.04 Å². The number of nitrogens with one attached hydrogen (secondary N) is 2. The van der Waals surface area contributed by atoms with Gasteiger partial charge in [-0.3, -0.25) is 0 Å². The first-order chi connectivity index (χ1) is 7.67. The molecule has 2 N–H and O–H groups in total. The van der Waals surface area contributed by atoms with E-state index in [4.69, 9.17) is 4.74 Å². The van der Waals surface area contributed by atoms with Crippen LogP contribution in [0.1, 0.15) is 6.92 Å². The molecule has 2 heterocycles. The van der Waals surface area contributed by atoms with Crippen molar-refractivity contribution in [3.63, 3.8) is 0 Å². The minimum Gasteiger partial charge on any atom is -0.383 e. The molecule has 0 amide bonds. The SMILES string of the molecule is CC12CNc3cc(Br)ccc3NC1COC2. The summed E-state index contributed by atoms with van der Waals surface area (Å²) in [5.41, 5.74) is 2.53. The van der Waals surface area contributed by atoms with Gasteiger partial charge in [0.25, 0.3) is 0 Å². The van der Waals surface area contributed by atoms with Crippen LogP contribution in [-0.4, -0.2) is 25.8 Å². The van der Waals surface area contributed by atoms with E-state index in [2.05, 4.69) is 51.7 Å². The maximum Gasteiger partial charge on any atom is 0.0675 e. The lowest BCUT2D eigenvalue weighted by molar-refractivity contribution is 0.164. The van der Waals surface area contributed by atoms with E-state index >= 15 is 0 Å². The first-order valence-corrected chi connectivity index (χ1v) is 6.34. The largest absolute Gasteiger partial charge is 0.383 e. The van der Waals surface area contributed by atoms with E-state index in [1.165, 1.54) is 11.4 Å². The monoisotopic (exact) mass is 282 g/mol. The molecule has 1 fully saturated rings. The molecule has 2 aliphatic rings. The van der Waals surface area contributed by atoms with Crippen molar-refractivity contribution in [3.05, 3.63) is 22.7 Å². The third-order valence-electron chi connectivity index (χ3n) is 3.55. The Morgan fingerprint density at radius 3 is 3.19 bits per heavy atom. The molecule has 1 aromatic carbocycles. The lowest BCUT2D eigenvalue weighted by atomic mass is 9.85. The number of hydrogen-bond acceptors (Lipinski definition) is 3. The highest BCUT2D eigenvalue weighted by molar-refractivity contribution is 9.10. The molecule has 2 aliphatic heterocycles. The van der Waals surface area contributed by atoms with Crippen molar-refractivity contribution in [2.45, 2.75) is 13.0 Å². The summed E-state index contributed by atoms with van der Waals surface area (Å²) in [6.45, 7) is 4.85. The first kappa shape index (κ1) is 10.4. The molecular weight excluding hydrogens is 268 g/mol. The van der Waals surface area contributed by atoms with Gasteiger partial charge in [-0.2, -0.15) is 0 Å². The van der Waals surface area contributed by atoms with Crippen LogP contribution in [0.2, 0.25) is 0 Å². The average molecular weight is 283 g/mol. The Hall–Kier alpha value is -0.740. The van der Waals surface area contributed by atoms with E-state index in [9.17, 15) is 0 Å². The summed E-state index contributed by atoms with van der Waals surface area (Å²) in [5.74, 6) is 0. The van der Waals surface area contributed by atoms with Gasteiger partial charge in [-0.1, -0.05) is 22.9 Å². The van der Waals surface area contributed by atoms with Crippen molar-refractivity contribution in [1.82, 2.24) is 0 Å². The highest BCUT2D eigenvalue weighted by Crippen LogP contribution is 2.37. The van der Waals surface area contributed by atoms with Gasteiger partial charge in [0, 0.05) is 16.4 Å². The van der Waals surface area contributed by atoms with Gasteiger partial charge in [-0.25, -0.2) is 0 Å². The molecule has 0 bridgehead atoms. The van der Waals surface area contributed by atoms with E-state index in [0.717, 1.165) is 24.2 Å². The second-order valence-corrected chi connectivity index (χ2v) is 5.83. The number of rotatable bonds is 0. The molecular formula is C12H15BrN2O. The highest BCUT2D eigenvalue weighted by atomic mass is 79.9. The molecule has 2 atom stereocenters. The predicted octanol–water partition coefficient (Wildman–Crippen LogP) is 2.69. The van der Waals surface area contributed by atoms with Gasteiger partial charge in [-0.05, 0) is 18.2 Å². The Labute approximate surface area is 104 Å². The van der Waals surface area contributed by atoms with Crippen molar-refractivity contribution in [1.29, 1.82) is 0 Å². The van der Waals surface area contributed by atoms with Gasteiger partial charge in [0.2, 0.25) is 0 Å². The van der Waals surface area contributed by atoms with Crippen LogP contribution in [0.3, 0.4) is 0 Å². The molecule has 0 radical (unpaired) electrons. The van der Waals surface area contributed by atoms with Crippen molar-refractivity contribution < 1.29 is 4.74 Å². The number of halogens is 1. The van der Waals surface area contributed by atoms with Crippen molar-refractivity contribution in [3.8, 4) is 0 Å². The third kappa shape index (κ3) is 1.60. The Bertz CT molecular complexity index is 423. The van der Waals surface area contributed by atoms with Gasteiger partial charge in [0.15, 0.2) is 0 Å². The number of fused-ring (bicyclic) bond motifs is 2. The fourth-order valence-corrected chi connectivity index (χ4v) is 2.74. The molecule has 16 heavy (non-hydrogen) atoms. The van der Waals surface area contributed by atoms with Gasteiger partial charge < -0.3 is 15.4 Å². The van der Waals surface area contributed by atoms with E-state index in [-0.39, 0.29) is 5.41 Å². The second kappa shape index (κ2) is 3.64. The van der Waals surface area contributed by atoms with E-state index in [1.807, 2.05) is 0 Å². The van der Waals surface area contributed by atoms with Crippen LogP contribution in [0.4, 0.5) is 11.4 Å². The van der Waals surface area contributed by atoms with Crippen molar-refractivity contribution in [2.75, 3.05) is 30.4 Å². The van der Waals surface area contributed by atoms with Crippen LogP contribution >= 0.6 is 15.9 Å². The van der Waals surface area contributed by atoms with Gasteiger partial charge in [-0.15, -0.1) is 0 Å². The number of anilines is 2. The fourth-order valence-electron chi connectivity index (χ4n) is 2.38. The molecule has 0 aliphatic carbocycles. The Morgan fingerprint density at radius 2 is 2.31 bits per heavy atom. The zero-order chi connectivity index (χ0) is 11.2. The van der Waals surface area contributed by atoms with Crippen LogP contribution in [0.25, 0.3) is 0 Å². The number of ether oxygens (including phenoxy) is 1. The summed E-state index contributed by atoms with van der Waals surface area (Å²) in [7, 11) is 0. The van der Waals surface area contributed by atoms with E-state index in [1.54, 1.807) is 0 Å². The summed E-state index contributed by atoms with van der Waals surface area (Å²) < 4.78 is 6.68. The topological polar surface area (TPSA) is 33.3 Å². The molecule has 86 valence electrons. The lowest BCUT2D eigenvalue weighted by Crippen LogP contribution is -2.40. The second-order valence-electron chi connectivity index (χ2n) is 4.91. The summed E-state index contributed by atoms with van der Waals surface area (Å²) in [6.07, 6.45) is 0. The zero-order valence-electron chi connectivity index (χ0n) is 9.22. The number of benzene rings is 1. The lowest BCUT2D eigenvalue weighted by Gasteiger charge is -2.27. The molecule has 0 aromatic heterocycles. The van der Waals surface area contributed by atoms with Crippen LogP contribution in [0, 0.1) is 5.41 Å². The summed E-state index contributed by atoms with van der Waals surface area (Å²) in [4.78, 5) is 0. The van der Waals surface area contributed by atoms with Crippen molar-refractivity contribution in [2.24, 2.45) is 5.41 Å². The third-order valence-corrected chi connectivity index (χ3v) is 4.04. The molecule has 0 saturated carbocycles. The maximum absolute atomic E-state index is 5.58. The van der Waals surface area contributed by atoms with Crippen LogP contribution in [0.15, 0.2) is 22.7 Å². The van der Waals surface area contributed by atoms with Crippen LogP contribution in [-0.2, 0) is 4.74 Å². The molecule has 2 unspecified atom stereocenters. The van der Waals surface area contributed by atoms with E-state index < -0.39 is 0 Å². The minimum absolute atomic E-state index is 0.186. The summed E-state index contributed by atoms with van der Waals surface area (Å²) >= 11 is 3.50. The zero-order valence-corrected chi connectivity index (χ0v) is 10.8. The average Bonchev–Trinajstić information content (AvgIpc) is 2.55. The molecule has 3 nitrogen and oxygen atoms in total. The number of hydrogen-bond donors (Lipinski definition) is 2. The van der Waals surface area contributed by atoms with Gasteiger partial charge >= 0.3 is 0 Å². The standard InChI is InChI=1S/C12H15BrN2O/c1-12-6-14-10-4-8(13)2-3-9(10)15-11(12)5-16-7-12/h2-4,11,14-15H,5-7H2,1H3. The molecule has 1 aromatic rings. The quantitative estimate of drug-likeness (QED) is 0.768. The van der Waals surface area contributed by atoms with Crippen LogP contribution in [0.5, 0.6) is 0 Å². The first-order valence-electron chi connectivity index (χ1n) is 5.55. The molecule has 1 saturated heterocycles.